The highest BCUT2D eigenvalue weighted by atomic mass is 32.2. The van der Waals surface area contributed by atoms with E-state index >= 15 is 0 Å². The Balaban J connectivity index is 1.95. The second-order valence-corrected chi connectivity index (χ2v) is 9.03. The van der Waals surface area contributed by atoms with Crippen LogP contribution < -0.4 is 9.88 Å². The quantitative estimate of drug-likeness (QED) is 0.398. The Hall–Kier alpha value is -3.63. The molecule has 4 aromatic rings. The number of aromatic nitrogens is 2. The lowest BCUT2D eigenvalue weighted by atomic mass is 9.98. The Bertz CT molecular complexity index is 1420. The molecule has 0 atom stereocenters. The zero-order valence-corrected chi connectivity index (χ0v) is 18.8. The molecule has 0 aliphatic heterocycles. The molecule has 4 rings (SSSR count). The maximum atomic E-state index is 14.5. The molecule has 1 heterocycles. The van der Waals surface area contributed by atoms with Gasteiger partial charge in [-0.15, -0.1) is 0 Å². The van der Waals surface area contributed by atoms with Crippen LogP contribution >= 0.6 is 0 Å². The van der Waals surface area contributed by atoms with E-state index in [4.69, 9.17) is 9.88 Å². The van der Waals surface area contributed by atoms with E-state index in [9.17, 15) is 21.6 Å². The first-order valence-electron chi connectivity index (χ1n) is 10.1. The molecule has 1 aromatic heterocycles. The fourth-order valence-electron chi connectivity index (χ4n) is 3.68. The van der Waals surface area contributed by atoms with E-state index in [1.165, 1.54) is 48.2 Å². The molecule has 0 amide bonds. The van der Waals surface area contributed by atoms with Gasteiger partial charge < -0.3 is 4.74 Å². The topological polar surface area (TPSA) is 87.2 Å². The molecule has 6 nitrogen and oxygen atoms in total. The van der Waals surface area contributed by atoms with Crippen molar-refractivity contribution in [3.63, 3.8) is 0 Å². The summed E-state index contributed by atoms with van der Waals surface area (Å²) in [5.74, 6) is -0.746. The summed E-state index contributed by atoms with van der Waals surface area (Å²) in [6, 6.07) is 18.3. The third-order valence-electron chi connectivity index (χ3n) is 5.27. The highest BCUT2D eigenvalue weighted by molar-refractivity contribution is 7.89. The van der Waals surface area contributed by atoms with Gasteiger partial charge in [-0.25, -0.2) is 26.7 Å². The van der Waals surface area contributed by atoms with Crippen LogP contribution in [-0.2, 0) is 16.6 Å². The van der Waals surface area contributed by atoms with E-state index in [0.717, 1.165) is 11.6 Å². The molecule has 0 radical (unpaired) electrons. The average Bonchev–Trinajstić information content (AvgIpc) is 3.18. The lowest BCUT2D eigenvalue weighted by Crippen LogP contribution is -2.11. The Kier molecular flexibility index (Phi) is 6.45. The molecule has 176 valence electrons. The molecule has 2 N–H and O–H groups in total. The van der Waals surface area contributed by atoms with E-state index < -0.39 is 22.3 Å². The molecule has 0 saturated heterocycles. The van der Waals surface area contributed by atoms with E-state index in [2.05, 4.69) is 5.10 Å². The molecule has 0 unspecified atom stereocenters. The molecule has 0 bridgehead atoms. The van der Waals surface area contributed by atoms with Gasteiger partial charge in [0.15, 0.2) is 11.6 Å². The van der Waals surface area contributed by atoms with Gasteiger partial charge in [0.2, 0.25) is 10.0 Å². The number of benzene rings is 3. The first-order chi connectivity index (χ1) is 16.2. The molecule has 34 heavy (non-hydrogen) atoms. The number of nitrogens with zero attached hydrogens (tertiary/aromatic N) is 2. The molecule has 0 saturated carbocycles. The molecule has 0 spiro atoms. The predicted octanol–water partition coefficient (Wildman–Crippen LogP) is 5.00. The lowest BCUT2D eigenvalue weighted by Gasteiger charge is -2.11. The predicted molar refractivity (Wildman–Crippen MR) is 121 cm³/mol. The van der Waals surface area contributed by atoms with Gasteiger partial charge in [-0.05, 0) is 35.4 Å². The Morgan fingerprint density at radius 1 is 1.00 bits per heavy atom. The Morgan fingerprint density at radius 2 is 1.65 bits per heavy atom. The zero-order valence-electron chi connectivity index (χ0n) is 18.0. The smallest absolute Gasteiger partial charge is 0.280 e. The summed E-state index contributed by atoms with van der Waals surface area (Å²) < 4.78 is 72.7. The normalized spacial score (nSPS) is 11.7. The van der Waals surface area contributed by atoms with Crippen molar-refractivity contribution in [2.75, 3.05) is 7.11 Å². The van der Waals surface area contributed by atoms with Gasteiger partial charge in [-0.2, -0.15) is 5.10 Å². The van der Waals surface area contributed by atoms with Crippen molar-refractivity contribution < 1.29 is 26.3 Å². The summed E-state index contributed by atoms with van der Waals surface area (Å²) in [5.41, 5.74) is 1.09. The van der Waals surface area contributed by atoms with Crippen LogP contribution in [0.15, 0.2) is 77.7 Å². The van der Waals surface area contributed by atoms with Crippen LogP contribution in [0.3, 0.4) is 0 Å². The monoisotopic (exact) mass is 487 g/mol. The maximum Gasteiger partial charge on any atom is 0.280 e. The molecule has 0 fully saturated rings. The van der Waals surface area contributed by atoms with E-state index in [1.54, 1.807) is 24.3 Å². The van der Waals surface area contributed by atoms with Crippen LogP contribution in [0.2, 0.25) is 0 Å². The highest BCUT2D eigenvalue weighted by Gasteiger charge is 2.27. The number of primary sulfonamides is 1. The number of hydrogen-bond donors (Lipinski definition) is 1. The number of methoxy groups -OCH3 is 1. The second kappa shape index (κ2) is 9.32. The molecule has 0 aliphatic carbocycles. The maximum absolute atomic E-state index is 14.5. The molecule has 0 aliphatic rings. The fourth-order valence-corrected chi connectivity index (χ4v) is 4.20. The average molecular weight is 488 g/mol. The summed E-state index contributed by atoms with van der Waals surface area (Å²) in [5, 5.41) is 9.60. The minimum Gasteiger partial charge on any atom is -0.494 e. The Labute approximate surface area is 194 Å². The van der Waals surface area contributed by atoms with Crippen molar-refractivity contribution >= 4 is 10.0 Å². The van der Waals surface area contributed by atoms with Crippen LogP contribution in [0.1, 0.15) is 17.7 Å². The van der Waals surface area contributed by atoms with Gasteiger partial charge in [0.1, 0.15) is 11.4 Å². The van der Waals surface area contributed by atoms with Crippen LogP contribution in [0.4, 0.5) is 13.2 Å². The highest BCUT2D eigenvalue weighted by Crippen LogP contribution is 2.40. The number of alkyl halides is 2. The second-order valence-electron chi connectivity index (χ2n) is 7.47. The van der Waals surface area contributed by atoms with Gasteiger partial charge >= 0.3 is 0 Å². The number of ether oxygens (including phenoxy) is 1. The number of rotatable bonds is 7. The van der Waals surface area contributed by atoms with Gasteiger partial charge in [0.25, 0.3) is 6.43 Å². The van der Waals surface area contributed by atoms with Crippen molar-refractivity contribution in [3.8, 4) is 28.1 Å². The van der Waals surface area contributed by atoms with E-state index in [1.807, 2.05) is 6.07 Å². The first kappa shape index (κ1) is 23.5. The third kappa shape index (κ3) is 4.68. The number of sulfonamides is 1. The van der Waals surface area contributed by atoms with Crippen molar-refractivity contribution in [2.45, 2.75) is 17.9 Å². The SMILES string of the molecule is COc1ccc(-c2c(-c3ccc(S(N)(=O)=O)cc3)nn(Cc3ccccc3)c2C(F)F)cc1F. The van der Waals surface area contributed by atoms with Crippen molar-refractivity contribution in [2.24, 2.45) is 5.14 Å². The van der Waals surface area contributed by atoms with Crippen LogP contribution in [0.5, 0.6) is 5.75 Å². The third-order valence-corrected chi connectivity index (χ3v) is 6.20. The molecular formula is C24H20F3N3O3S. The number of nitrogens with two attached hydrogens (primary N) is 1. The van der Waals surface area contributed by atoms with Gasteiger partial charge in [0, 0.05) is 11.1 Å². The van der Waals surface area contributed by atoms with Crippen LogP contribution in [-0.4, -0.2) is 25.3 Å². The van der Waals surface area contributed by atoms with Gasteiger partial charge in [0.05, 0.1) is 18.6 Å². The van der Waals surface area contributed by atoms with Crippen molar-refractivity contribution in [1.82, 2.24) is 9.78 Å². The first-order valence-corrected chi connectivity index (χ1v) is 11.6. The summed E-state index contributed by atoms with van der Waals surface area (Å²) in [4.78, 5) is -0.133. The largest absolute Gasteiger partial charge is 0.494 e. The molecule has 3 aromatic carbocycles. The van der Waals surface area contributed by atoms with Crippen LogP contribution in [0.25, 0.3) is 22.4 Å². The van der Waals surface area contributed by atoms with E-state index in [-0.39, 0.29) is 39.7 Å². The summed E-state index contributed by atoms with van der Waals surface area (Å²) >= 11 is 0. The van der Waals surface area contributed by atoms with Crippen LogP contribution in [0, 0.1) is 5.82 Å². The standard InChI is InChI=1S/C24H20F3N3O3S/c1-33-20-12-9-17(13-19(20)25)21-22(16-7-10-18(11-8-16)34(28,31)32)29-30(23(21)24(26)27)14-15-5-3-2-4-6-15/h2-13,24H,14H2,1H3,(H2,28,31,32). The lowest BCUT2D eigenvalue weighted by molar-refractivity contribution is 0.140. The van der Waals surface area contributed by atoms with Gasteiger partial charge in [-0.1, -0.05) is 48.5 Å². The fraction of sp³-hybridized carbons (Fsp3) is 0.125. The summed E-state index contributed by atoms with van der Waals surface area (Å²) in [6.07, 6.45) is -2.92. The van der Waals surface area contributed by atoms with Crippen molar-refractivity contribution in [3.05, 3.63) is 89.9 Å². The molecular weight excluding hydrogens is 467 g/mol. The Morgan fingerprint density at radius 3 is 2.21 bits per heavy atom. The summed E-state index contributed by atoms with van der Waals surface area (Å²) in [6.45, 7) is 0.0570. The van der Waals surface area contributed by atoms with Crippen molar-refractivity contribution in [1.29, 1.82) is 0 Å². The molecule has 10 heteroatoms. The number of hydrogen-bond acceptors (Lipinski definition) is 4. The minimum absolute atomic E-state index is 0.0296. The summed E-state index contributed by atoms with van der Waals surface area (Å²) in [7, 11) is -2.64. The zero-order chi connectivity index (χ0) is 24.5. The van der Waals surface area contributed by atoms with E-state index in [0.29, 0.717) is 5.56 Å². The number of halogens is 3. The van der Waals surface area contributed by atoms with Gasteiger partial charge in [-0.3, -0.25) is 4.68 Å². The minimum atomic E-state index is -3.94.